The average Bonchev–Trinajstić information content (AvgIpc) is 2.76. The van der Waals surface area contributed by atoms with Crippen LogP contribution in [0.25, 0.3) is 22.4 Å². The van der Waals surface area contributed by atoms with Crippen molar-refractivity contribution in [1.82, 2.24) is 15.0 Å². The maximum atomic E-state index is 5.61. The molecule has 3 aromatic rings. The predicted molar refractivity (Wildman–Crippen MR) is 72.4 cm³/mol. The number of aryl methyl sites for hydroxylation is 2. The number of aromatic nitrogens is 3. The fourth-order valence-electron chi connectivity index (χ4n) is 2.07. The van der Waals surface area contributed by atoms with Crippen LogP contribution in [0.3, 0.4) is 0 Å². The Morgan fingerprint density at radius 3 is 2.74 bits per heavy atom. The molecule has 0 saturated carbocycles. The van der Waals surface area contributed by atoms with Crippen LogP contribution in [0.1, 0.15) is 17.4 Å². The van der Waals surface area contributed by atoms with Crippen molar-refractivity contribution in [3.8, 4) is 11.3 Å². The number of rotatable bonds is 2. The van der Waals surface area contributed by atoms with Gasteiger partial charge in [-0.15, -0.1) is 0 Å². The van der Waals surface area contributed by atoms with E-state index < -0.39 is 0 Å². The zero-order valence-corrected chi connectivity index (χ0v) is 10.8. The van der Waals surface area contributed by atoms with Crippen LogP contribution in [0.4, 0.5) is 0 Å². The van der Waals surface area contributed by atoms with Gasteiger partial charge in [-0.2, -0.15) is 0 Å². The highest BCUT2D eigenvalue weighted by atomic mass is 16.3. The number of oxazole rings is 1. The molecule has 0 radical (unpaired) electrons. The van der Waals surface area contributed by atoms with Crippen LogP contribution in [0.15, 0.2) is 28.7 Å². The normalized spacial score (nSPS) is 11.1. The molecule has 0 saturated heterocycles. The molecule has 96 valence electrons. The topological polar surface area (TPSA) is 77.8 Å². The van der Waals surface area contributed by atoms with Crippen molar-refractivity contribution in [2.75, 3.05) is 0 Å². The molecule has 2 N–H and O–H groups in total. The molecule has 0 aliphatic heterocycles. The van der Waals surface area contributed by atoms with Gasteiger partial charge in [-0.05, 0) is 31.2 Å². The van der Waals surface area contributed by atoms with Gasteiger partial charge in [0.1, 0.15) is 11.3 Å². The molecule has 0 fully saturated rings. The van der Waals surface area contributed by atoms with Gasteiger partial charge in [-0.1, -0.05) is 0 Å². The summed E-state index contributed by atoms with van der Waals surface area (Å²) in [4.78, 5) is 13.0. The second-order valence-electron chi connectivity index (χ2n) is 4.43. The molecule has 0 unspecified atom stereocenters. The van der Waals surface area contributed by atoms with E-state index in [4.69, 9.17) is 10.2 Å². The Hall–Kier alpha value is -2.27. The van der Waals surface area contributed by atoms with Crippen LogP contribution in [0.5, 0.6) is 0 Å². The first-order chi connectivity index (χ1) is 9.15. The van der Waals surface area contributed by atoms with Crippen LogP contribution in [0, 0.1) is 13.8 Å². The Morgan fingerprint density at radius 2 is 1.95 bits per heavy atom. The lowest BCUT2D eigenvalue weighted by molar-refractivity contribution is 0.561. The largest absolute Gasteiger partial charge is 0.441 e. The summed E-state index contributed by atoms with van der Waals surface area (Å²) in [6.45, 7) is 4.10. The van der Waals surface area contributed by atoms with Gasteiger partial charge in [-0.25, -0.2) is 15.0 Å². The van der Waals surface area contributed by atoms with Crippen molar-refractivity contribution in [2.45, 2.75) is 20.4 Å². The van der Waals surface area contributed by atoms with Gasteiger partial charge < -0.3 is 10.2 Å². The Bertz CT molecular complexity index is 748. The van der Waals surface area contributed by atoms with E-state index in [0.29, 0.717) is 18.3 Å². The molecule has 1 aromatic carbocycles. The van der Waals surface area contributed by atoms with Gasteiger partial charge in [0.2, 0.25) is 0 Å². The first kappa shape index (κ1) is 11.8. The van der Waals surface area contributed by atoms with Crippen molar-refractivity contribution in [2.24, 2.45) is 5.73 Å². The molecule has 3 rings (SSSR count). The second kappa shape index (κ2) is 4.44. The summed E-state index contributed by atoms with van der Waals surface area (Å²) in [7, 11) is 0. The van der Waals surface area contributed by atoms with Gasteiger partial charge in [0, 0.05) is 18.2 Å². The summed E-state index contributed by atoms with van der Waals surface area (Å²) in [5.74, 6) is 1.31. The molecule has 2 heterocycles. The summed E-state index contributed by atoms with van der Waals surface area (Å²) in [5, 5.41) is 0. The minimum atomic E-state index is 0.333. The number of hydrogen-bond acceptors (Lipinski definition) is 5. The minimum Gasteiger partial charge on any atom is -0.441 e. The first-order valence-electron chi connectivity index (χ1n) is 6.08. The van der Waals surface area contributed by atoms with Crippen molar-refractivity contribution in [3.63, 3.8) is 0 Å². The van der Waals surface area contributed by atoms with Crippen LogP contribution in [-0.2, 0) is 6.54 Å². The number of nitrogens with two attached hydrogens (primary N) is 1. The summed E-state index contributed by atoms with van der Waals surface area (Å²) in [6.07, 6.45) is 0. The minimum absolute atomic E-state index is 0.333. The van der Waals surface area contributed by atoms with Crippen molar-refractivity contribution in [1.29, 1.82) is 0 Å². The van der Waals surface area contributed by atoms with Gasteiger partial charge in [0.15, 0.2) is 11.5 Å². The standard InChI is InChI=1S/C14H14N4O/c1-8-5-11(18-14(7-15)16-8)10-3-4-13-12(6-10)17-9(2)19-13/h3-6H,7,15H2,1-2H3. The van der Waals surface area contributed by atoms with Crippen molar-refractivity contribution >= 4 is 11.1 Å². The highest BCUT2D eigenvalue weighted by Gasteiger charge is 2.07. The Kier molecular flexibility index (Phi) is 2.76. The van der Waals surface area contributed by atoms with Crippen LogP contribution in [0.2, 0.25) is 0 Å². The molecule has 0 aliphatic carbocycles. The van der Waals surface area contributed by atoms with E-state index in [9.17, 15) is 0 Å². The quantitative estimate of drug-likeness (QED) is 0.759. The maximum Gasteiger partial charge on any atom is 0.192 e. The first-order valence-corrected chi connectivity index (χ1v) is 6.08. The highest BCUT2D eigenvalue weighted by molar-refractivity contribution is 5.79. The lowest BCUT2D eigenvalue weighted by atomic mass is 10.1. The smallest absolute Gasteiger partial charge is 0.192 e. The molecule has 5 nitrogen and oxygen atoms in total. The molecule has 5 heteroatoms. The van der Waals surface area contributed by atoms with Crippen LogP contribution < -0.4 is 5.73 Å². The summed E-state index contributed by atoms with van der Waals surface area (Å²) >= 11 is 0. The fourth-order valence-corrected chi connectivity index (χ4v) is 2.07. The third-order valence-corrected chi connectivity index (χ3v) is 2.87. The van der Waals surface area contributed by atoms with Crippen molar-refractivity contribution in [3.05, 3.63) is 41.7 Å². The molecule has 0 aliphatic rings. The van der Waals surface area contributed by atoms with Gasteiger partial charge in [0.25, 0.3) is 0 Å². The molecule has 19 heavy (non-hydrogen) atoms. The molecule has 0 atom stereocenters. The summed E-state index contributed by atoms with van der Waals surface area (Å²) < 4.78 is 5.46. The number of benzene rings is 1. The SMILES string of the molecule is Cc1cc(-c2ccc3oc(C)nc3c2)nc(CN)n1. The Balaban J connectivity index is 2.15. The lowest BCUT2D eigenvalue weighted by Gasteiger charge is -2.04. The Morgan fingerprint density at radius 1 is 1.11 bits per heavy atom. The van der Waals surface area contributed by atoms with Crippen LogP contribution in [-0.4, -0.2) is 15.0 Å². The fraction of sp³-hybridized carbons (Fsp3) is 0.214. The second-order valence-corrected chi connectivity index (χ2v) is 4.43. The van der Waals surface area contributed by atoms with E-state index in [2.05, 4.69) is 15.0 Å². The van der Waals surface area contributed by atoms with E-state index in [1.807, 2.05) is 38.1 Å². The monoisotopic (exact) mass is 254 g/mol. The highest BCUT2D eigenvalue weighted by Crippen LogP contribution is 2.23. The zero-order chi connectivity index (χ0) is 13.4. The number of hydrogen-bond donors (Lipinski definition) is 1. The zero-order valence-electron chi connectivity index (χ0n) is 10.8. The maximum absolute atomic E-state index is 5.61. The molecule has 0 spiro atoms. The predicted octanol–water partition coefficient (Wildman–Crippen LogP) is 2.36. The van der Waals surface area contributed by atoms with Gasteiger partial charge in [0.05, 0.1) is 12.2 Å². The Labute approximate surface area is 110 Å². The molecule has 2 aromatic heterocycles. The molecular weight excluding hydrogens is 240 g/mol. The van der Waals surface area contributed by atoms with E-state index >= 15 is 0 Å². The molecule has 0 amide bonds. The third kappa shape index (κ3) is 2.20. The van der Waals surface area contributed by atoms with Gasteiger partial charge >= 0.3 is 0 Å². The summed E-state index contributed by atoms with van der Waals surface area (Å²) in [6, 6.07) is 7.78. The van der Waals surface area contributed by atoms with E-state index in [1.54, 1.807) is 0 Å². The summed E-state index contributed by atoms with van der Waals surface area (Å²) in [5.41, 5.74) is 9.97. The number of fused-ring (bicyclic) bond motifs is 1. The molecular formula is C14H14N4O. The van der Waals surface area contributed by atoms with Crippen LogP contribution >= 0.6 is 0 Å². The van der Waals surface area contributed by atoms with E-state index in [0.717, 1.165) is 28.1 Å². The number of nitrogens with zero attached hydrogens (tertiary/aromatic N) is 3. The van der Waals surface area contributed by atoms with Gasteiger partial charge in [-0.3, -0.25) is 0 Å². The van der Waals surface area contributed by atoms with E-state index in [1.165, 1.54) is 0 Å². The van der Waals surface area contributed by atoms with E-state index in [-0.39, 0.29) is 0 Å². The van der Waals surface area contributed by atoms with Crippen molar-refractivity contribution < 1.29 is 4.42 Å². The lowest BCUT2D eigenvalue weighted by Crippen LogP contribution is -2.05. The molecule has 0 bridgehead atoms. The third-order valence-electron chi connectivity index (χ3n) is 2.87. The average molecular weight is 254 g/mol.